The normalized spacial score (nSPS) is 20.9. The van der Waals surface area contributed by atoms with E-state index in [1.165, 1.54) is 0 Å². The van der Waals surface area contributed by atoms with E-state index in [0.29, 0.717) is 0 Å². The Morgan fingerprint density at radius 1 is 1.14 bits per heavy atom. The third-order valence-corrected chi connectivity index (χ3v) is 2.29. The van der Waals surface area contributed by atoms with Gasteiger partial charge in [-0.3, -0.25) is 0 Å². The van der Waals surface area contributed by atoms with E-state index in [2.05, 4.69) is 0 Å². The summed E-state index contributed by atoms with van der Waals surface area (Å²) in [6.07, 6.45) is 1.94. The molecular weight excluding hydrogens is 176 g/mol. The van der Waals surface area contributed by atoms with Crippen molar-refractivity contribution in [3.63, 3.8) is 0 Å². The van der Waals surface area contributed by atoms with Gasteiger partial charge in [0.1, 0.15) is 5.76 Å². The highest BCUT2D eigenvalue weighted by Crippen LogP contribution is 2.39. The van der Waals surface area contributed by atoms with Crippen LogP contribution >= 0.6 is 0 Å². The first-order valence-corrected chi connectivity index (χ1v) is 4.76. The molecule has 2 heteroatoms. The molecule has 0 spiro atoms. The smallest absolute Gasteiger partial charge is 0.169 e. The molecule has 1 aromatic rings. The Bertz CT molecular complexity index is 378. The number of ether oxygens (including phenoxy) is 2. The quantitative estimate of drug-likeness (QED) is 0.625. The van der Waals surface area contributed by atoms with Crippen molar-refractivity contribution < 1.29 is 9.47 Å². The van der Waals surface area contributed by atoms with Gasteiger partial charge in [0, 0.05) is 0 Å². The summed E-state index contributed by atoms with van der Waals surface area (Å²) < 4.78 is 11.6. The van der Waals surface area contributed by atoms with Crippen LogP contribution in [-0.2, 0) is 0 Å². The number of hydrogen-bond acceptors (Lipinski definition) is 2. The Morgan fingerprint density at radius 2 is 1.79 bits per heavy atom. The summed E-state index contributed by atoms with van der Waals surface area (Å²) in [7, 11) is 0. The van der Waals surface area contributed by atoms with Crippen LogP contribution in [0.5, 0.6) is 11.5 Å². The van der Waals surface area contributed by atoms with Gasteiger partial charge in [0.05, 0.1) is 0 Å². The van der Waals surface area contributed by atoms with Gasteiger partial charge in [-0.25, -0.2) is 0 Å². The van der Waals surface area contributed by atoms with Crippen LogP contribution in [0.3, 0.4) is 0 Å². The lowest BCUT2D eigenvalue weighted by Crippen LogP contribution is -2.36. The van der Waals surface area contributed by atoms with E-state index in [4.69, 9.17) is 9.47 Å². The Labute approximate surface area is 84.2 Å². The number of allylic oxidation sites excluding steroid dienone is 1. The SMILES string of the molecule is C/C=C1/Oc2ccccc2OC1(C)C. The molecule has 0 unspecified atom stereocenters. The average Bonchev–Trinajstić information content (AvgIpc) is 2.15. The van der Waals surface area contributed by atoms with Crippen molar-refractivity contribution in [3.05, 3.63) is 36.1 Å². The van der Waals surface area contributed by atoms with E-state index in [1.807, 2.05) is 51.1 Å². The second-order valence-electron chi connectivity index (χ2n) is 3.81. The minimum Gasteiger partial charge on any atom is -0.476 e. The maximum atomic E-state index is 5.83. The van der Waals surface area contributed by atoms with Crippen molar-refractivity contribution in [2.24, 2.45) is 0 Å². The summed E-state index contributed by atoms with van der Waals surface area (Å²) in [6.45, 7) is 5.95. The van der Waals surface area contributed by atoms with Crippen LogP contribution in [-0.4, -0.2) is 5.60 Å². The van der Waals surface area contributed by atoms with Crippen LogP contribution in [0.25, 0.3) is 0 Å². The highest BCUT2D eigenvalue weighted by molar-refractivity contribution is 5.44. The Hall–Kier alpha value is -1.44. The monoisotopic (exact) mass is 190 g/mol. The molecule has 74 valence electrons. The molecule has 1 aliphatic rings. The fourth-order valence-corrected chi connectivity index (χ4v) is 1.59. The van der Waals surface area contributed by atoms with Crippen LogP contribution in [0.4, 0.5) is 0 Å². The zero-order valence-electron chi connectivity index (χ0n) is 8.70. The van der Waals surface area contributed by atoms with Gasteiger partial charge < -0.3 is 9.47 Å². The summed E-state index contributed by atoms with van der Waals surface area (Å²) in [6, 6.07) is 7.71. The molecular formula is C12H14O2. The van der Waals surface area contributed by atoms with Crippen molar-refractivity contribution in [2.45, 2.75) is 26.4 Å². The van der Waals surface area contributed by atoms with Gasteiger partial charge in [0.25, 0.3) is 0 Å². The number of fused-ring (bicyclic) bond motifs is 1. The molecule has 1 aromatic carbocycles. The zero-order valence-corrected chi connectivity index (χ0v) is 8.70. The molecule has 2 rings (SSSR count). The molecule has 1 heterocycles. The maximum absolute atomic E-state index is 5.83. The Balaban J connectivity index is 2.45. The fourth-order valence-electron chi connectivity index (χ4n) is 1.59. The highest BCUT2D eigenvalue weighted by Gasteiger charge is 2.32. The molecule has 0 radical (unpaired) electrons. The molecule has 0 N–H and O–H groups in total. The number of benzene rings is 1. The van der Waals surface area contributed by atoms with Gasteiger partial charge in [-0.05, 0) is 39.0 Å². The Kier molecular flexibility index (Phi) is 1.99. The molecule has 0 bridgehead atoms. The summed E-state index contributed by atoms with van der Waals surface area (Å²) >= 11 is 0. The summed E-state index contributed by atoms with van der Waals surface area (Å²) in [5, 5.41) is 0. The molecule has 0 saturated carbocycles. The van der Waals surface area contributed by atoms with Crippen LogP contribution in [0.15, 0.2) is 36.1 Å². The van der Waals surface area contributed by atoms with Crippen molar-refractivity contribution in [3.8, 4) is 11.5 Å². The van der Waals surface area contributed by atoms with E-state index in [1.54, 1.807) is 0 Å². The minimum atomic E-state index is -0.372. The van der Waals surface area contributed by atoms with Crippen LogP contribution < -0.4 is 9.47 Å². The van der Waals surface area contributed by atoms with Crippen molar-refractivity contribution in [1.29, 1.82) is 0 Å². The molecule has 0 amide bonds. The third kappa shape index (κ3) is 1.37. The van der Waals surface area contributed by atoms with Crippen molar-refractivity contribution >= 4 is 0 Å². The van der Waals surface area contributed by atoms with Crippen LogP contribution in [0.1, 0.15) is 20.8 Å². The average molecular weight is 190 g/mol. The molecule has 14 heavy (non-hydrogen) atoms. The number of para-hydroxylation sites is 2. The molecule has 1 aliphatic heterocycles. The topological polar surface area (TPSA) is 18.5 Å². The van der Waals surface area contributed by atoms with E-state index in [-0.39, 0.29) is 5.60 Å². The highest BCUT2D eigenvalue weighted by atomic mass is 16.6. The van der Waals surface area contributed by atoms with E-state index < -0.39 is 0 Å². The van der Waals surface area contributed by atoms with Gasteiger partial charge in [0.2, 0.25) is 0 Å². The van der Waals surface area contributed by atoms with E-state index in [9.17, 15) is 0 Å². The van der Waals surface area contributed by atoms with Gasteiger partial charge in [-0.2, -0.15) is 0 Å². The number of hydrogen-bond donors (Lipinski definition) is 0. The molecule has 0 saturated heterocycles. The zero-order chi connectivity index (χ0) is 10.2. The molecule has 0 aromatic heterocycles. The second kappa shape index (κ2) is 3.05. The van der Waals surface area contributed by atoms with Gasteiger partial charge in [0.15, 0.2) is 17.1 Å². The van der Waals surface area contributed by atoms with Gasteiger partial charge >= 0.3 is 0 Å². The second-order valence-corrected chi connectivity index (χ2v) is 3.81. The summed E-state index contributed by atoms with van der Waals surface area (Å²) in [5.74, 6) is 2.46. The Morgan fingerprint density at radius 3 is 2.43 bits per heavy atom. The predicted molar refractivity (Wildman–Crippen MR) is 55.5 cm³/mol. The lowest BCUT2D eigenvalue weighted by atomic mass is 10.1. The maximum Gasteiger partial charge on any atom is 0.169 e. The lowest BCUT2D eigenvalue weighted by molar-refractivity contribution is 0.0733. The predicted octanol–water partition coefficient (Wildman–Crippen LogP) is 3.14. The molecule has 0 aliphatic carbocycles. The molecule has 2 nitrogen and oxygen atoms in total. The minimum absolute atomic E-state index is 0.372. The van der Waals surface area contributed by atoms with Crippen molar-refractivity contribution in [1.82, 2.24) is 0 Å². The van der Waals surface area contributed by atoms with Gasteiger partial charge in [-0.1, -0.05) is 12.1 Å². The third-order valence-electron chi connectivity index (χ3n) is 2.29. The first-order valence-electron chi connectivity index (χ1n) is 4.76. The van der Waals surface area contributed by atoms with Crippen LogP contribution in [0.2, 0.25) is 0 Å². The standard InChI is InChI=1S/C12H14O2/c1-4-11-12(2,3)14-10-8-6-5-7-9(10)13-11/h4-8H,1-3H3/b11-4+. The lowest BCUT2D eigenvalue weighted by Gasteiger charge is -2.34. The first kappa shape index (κ1) is 9.13. The first-order chi connectivity index (χ1) is 6.63. The van der Waals surface area contributed by atoms with Crippen LogP contribution in [0, 0.1) is 0 Å². The largest absolute Gasteiger partial charge is 0.476 e. The summed E-state index contributed by atoms with van der Waals surface area (Å²) in [5.41, 5.74) is -0.372. The van der Waals surface area contributed by atoms with E-state index in [0.717, 1.165) is 17.3 Å². The van der Waals surface area contributed by atoms with Crippen molar-refractivity contribution in [2.75, 3.05) is 0 Å². The molecule has 0 atom stereocenters. The van der Waals surface area contributed by atoms with E-state index >= 15 is 0 Å². The fraction of sp³-hybridized carbons (Fsp3) is 0.333. The summed E-state index contributed by atoms with van der Waals surface area (Å²) in [4.78, 5) is 0. The number of rotatable bonds is 0. The van der Waals surface area contributed by atoms with Gasteiger partial charge in [-0.15, -0.1) is 0 Å². The molecule has 0 fully saturated rings.